The van der Waals surface area contributed by atoms with Gasteiger partial charge in [-0.05, 0) is 49.4 Å². The largest absolute Gasteiger partial charge is 0.465 e. The van der Waals surface area contributed by atoms with Crippen molar-refractivity contribution in [2.24, 2.45) is 11.7 Å². The molecule has 1 fully saturated rings. The van der Waals surface area contributed by atoms with Gasteiger partial charge in [0.1, 0.15) is 0 Å². The topological polar surface area (TPSA) is 98.5 Å². The van der Waals surface area contributed by atoms with Gasteiger partial charge in [0, 0.05) is 12.6 Å². The monoisotopic (exact) mass is 390 g/mol. The van der Waals surface area contributed by atoms with E-state index >= 15 is 0 Å². The van der Waals surface area contributed by atoms with E-state index in [2.05, 4.69) is 9.46 Å². The highest BCUT2D eigenvalue weighted by molar-refractivity contribution is 7.89. The molecule has 6 nitrogen and oxygen atoms in total. The zero-order chi connectivity index (χ0) is 17.7. The predicted octanol–water partition coefficient (Wildman–Crippen LogP) is 2.39. The lowest BCUT2D eigenvalue weighted by atomic mass is 9.84. The van der Waals surface area contributed by atoms with Crippen molar-refractivity contribution >= 4 is 28.4 Å². The molecule has 0 radical (unpaired) electrons. The van der Waals surface area contributed by atoms with E-state index in [0.29, 0.717) is 11.1 Å². The molecule has 0 amide bonds. The van der Waals surface area contributed by atoms with Crippen LogP contribution >= 0.6 is 12.4 Å². The number of carbonyl (C=O) groups excluding carboxylic acids is 1. The second-order valence-corrected chi connectivity index (χ2v) is 8.02. The summed E-state index contributed by atoms with van der Waals surface area (Å²) < 4.78 is 32.9. The average Bonchev–Trinajstić information content (AvgIpc) is 2.59. The number of halogens is 1. The van der Waals surface area contributed by atoms with Crippen LogP contribution in [0.15, 0.2) is 23.1 Å². The maximum Gasteiger partial charge on any atom is 0.337 e. The SMILES string of the molecule is COC(=O)c1ccc(S(=O)(=O)NC(CN)C2CCCCC2)c(C)c1.Cl. The summed E-state index contributed by atoms with van der Waals surface area (Å²) in [5, 5.41) is 0. The van der Waals surface area contributed by atoms with Crippen molar-refractivity contribution in [2.45, 2.75) is 50.0 Å². The first kappa shape index (κ1) is 21.9. The molecule has 1 aliphatic rings. The summed E-state index contributed by atoms with van der Waals surface area (Å²) in [7, 11) is -2.39. The lowest BCUT2D eigenvalue weighted by Gasteiger charge is -2.30. The van der Waals surface area contributed by atoms with E-state index in [1.807, 2.05) is 0 Å². The maximum absolute atomic E-state index is 12.7. The first-order valence-electron chi connectivity index (χ1n) is 8.30. The fraction of sp³-hybridized carbons (Fsp3) is 0.588. The molecule has 142 valence electrons. The molecule has 0 aromatic heterocycles. The van der Waals surface area contributed by atoms with Crippen LogP contribution in [0.2, 0.25) is 0 Å². The fourth-order valence-corrected chi connectivity index (χ4v) is 4.88. The van der Waals surface area contributed by atoms with Crippen molar-refractivity contribution in [3.05, 3.63) is 29.3 Å². The molecule has 1 atom stereocenters. The number of esters is 1. The van der Waals surface area contributed by atoms with Crippen molar-refractivity contribution in [3.63, 3.8) is 0 Å². The molecule has 1 aromatic carbocycles. The maximum atomic E-state index is 12.7. The Kier molecular flexibility index (Phi) is 8.34. The zero-order valence-electron chi connectivity index (χ0n) is 14.7. The molecule has 0 spiro atoms. The highest BCUT2D eigenvalue weighted by Crippen LogP contribution is 2.27. The van der Waals surface area contributed by atoms with E-state index in [4.69, 9.17) is 5.73 Å². The molecule has 0 saturated heterocycles. The predicted molar refractivity (Wildman–Crippen MR) is 99.5 cm³/mol. The van der Waals surface area contributed by atoms with Gasteiger partial charge in [0.15, 0.2) is 0 Å². The Morgan fingerprint density at radius 2 is 1.96 bits per heavy atom. The lowest BCUT2D eigenvalue weighted by molar-refractivity contribution is 0.0600. The van der Waals surface area contributed by atoms with Crippen molar-refractivity contribution in [2.75, 3.05) is 13.7 Å². The van der Waals surface area contributed by atoms with Gasteiger partial charge in [0.2, 0.25) is 10.0 Å². The van der Waals surface area contributed by atoms with Gasteiger partial charge in [-0.15, -0.1) is 12.4 Å². The summed E-state index contributed by atoms with van der Waals surface area (Å²) in [6.45, 7) is 1.95. The Bertz CT molecular complexity index is 688. The van der Waals surface area contributed by atoms with Crippen LogP contribution in [-0.4, -0.2) is 34.1 Å². The molecule has 1 unspecified atom stereocenters. The Hall–Kier alpha value is -1.15. The van der Waals surface area contributed by atoms with E-state index in [1.54, 1.807) is 6.92 Å². The van der Waals surface area contributed by atoms with Gasteiger partial charge in [-0.3, -0.25) is 0 Å². The first-order chi connectivity index (χ1) is 11.4. The molecule has 25 heavy (non-hydrogen) atoms. The van der Waals surface area contributed by atoms with Gasteiger partial charge >= 0.3 is 5.97 Å². The number of aryl methyl sites for hydroxylation is 1. The molecule has 0 heterocycles. The molecular formula is C17H27ClN2O4S. The number of sulfonamides is 1. The number of nitrogens with one attached hydrogen (secondary N) is 1. The average molecular weight is 391 g/mol. The first-order valence-corrected chi connectivity index (χ1v) is 9.78. The molecule has 3 N–H and O–H groups in total. The summed E-state index contributed by atoms with van der Waals surface area (Å²) in [4.78, 5) is 11.7. The fourth-order valence-electron chi connectivity index (χ4n) is 3.33. The van der Waals surface area contributed by atoms with E-state index in [-0.39, 0.29) is 35.8 Å². The van der Waals surface area contributed by atoms with Gasteiger partial charge in [0.05, 0.1) is 17.6 Å². The minimum absolute atomic E-state index is 0. The molecule has 1 saturated carbocycles. The van der Waals surface area contributed by atoms with Crippen molar-refractivity contribution in [1.82, 2.24) is 4.72 Å². The summed E-state index contributed by atoms with van der Waals surface area (Å²) >= 11 is 0. The third-order valence-electron chi connectivity index (χ3n) is 4.66. The second kappa shape index (κ2) is 9.52. The van der Waals surface area contributed by atoms with Crippen LogP contribution in [-0.2, 0) is 14.8 Å². The van der Waals surface area contributed by atoms with Gasteiger partial charge in [0.25, 0.3) is 0 Å². The van der Waals surface area contributed by atoms with Crippen molar-refractivity contribution in [3.8, 4) is 0 Å². The highest BCUT2D eigenvalue weighted by Gasteiger charge is 2.28. The Labute approximate surface area is 156 Å². The summed E-state index contributed by atoms with van der Waals surface area (Å²) in [5.74, 6) is -0.203. The van der Waals surface area contributed by atoms with Crippen molar-refractivity contribution < 1.29 is 17.9 Å². The summed E-state index contributed by atoms with van der Waals surface area (Å²) in [6, 6.07) is 4.18. The van der Waals surface area contributed by atoms with Gasteiger partial charge in [-0.2, -0.15) is 0 Å². The van der Waals surface area contributed by atoms with Crippen LogP contribution in [0.4, 0.5) is 0 Å². The number of ether oxygens (including phenoxy) is 1. The number of rotatable bonds is 6. The normalized spacial score (nSPS) is 16.8. The van der Waals surface area contributed by atoms with E-state index in [0.717, 1.165) is 25.7 Å². The third-order valence-corrected chi connectivity index (χ3v) is 6.32. The number of hydrogen-bond donors (Lipinski definition) is 2. The quantitative estimate of drug-likeness (QED) is 0.726. The highest BCUT2D eigenvalue weighted by atomic mass is 35.5. The minimum atomic E-state index is -3.68. The molecule has 8 heteroatoms. The minimum Gasteiger partial charge on any atom is -0.465 e. The number of benzene rings is 1. The van der Waals surface area contributed by atoms with Crippen LogP contribution in [0.1, 0.15) is 48.0 Å². The Morgan fingerprint density at radius 1 is 1.32 bits per heavy atom. The van der Waals surface area contributed by atoms with Crippen LogP contribution in [0.3, 0.4) is 0 Å². The van der Waals surface area contributed by atoms with Crippen LogP contribution in [0.25, 0.3) is 0 Å². The van der Waals surface area contributed by atoms with Crippen LogP contribution in [0.5, 0.6) is 0 Å². The molecule has 1 aromatic rings. The van der Waals surface area contributed by atoms with Gasteiger partial charge in [-0.1, -0.05) is 19.3 Å². The molecule has 0 aliphatic heterocycles. The zero-order valence-corrected chi connectivity index (χ0v) is 16.3. The van der Waals surface area contributed by atoms with Gasteiger partial charge in [-0.25, -0.2) is 17.9 Å². The number of nitrogens with two attached hydrogens (primary N) is 1. The smallest absolute Gasteiger partial charge is 0.337 e. The number of methoxy groups -OCH3 is 1. The van der Waals surface area contributed by atoms with Crippen molar-refractivity contribution in [1.29, 1.82) is 0 Å². The number of carbonyl (C=O) groups is 1. The van der Waals surface area contributed by atoms with Crippen LogP contribution in [0, 0.1) is 12.8 Å². The standard InChI is InChI=1S/C17H26N2O4S.ClH/c1-12-10-14(17(20)23-2)8-9-16(12)24(21,22)19-15(11-18)13-6-4-3-5-7-13;/h8-10,13,15,19H,3-7,11,18H2,1-2H3;1H. The Balaban J connectivity index is 0.00000312. The molecule has 1 aliphatic carbocycles. The lowest BCUT2D eigenvalue weighted by Crippen LogP contribution is -2.45. The molecule has 2 rings (SSSR count). The van der Waals surface area contributed by atoms with E-state index in [9.17, 15) is 13.2 Å². The third kappa shape index (κ3) is 5.41. The molecular weight excluding hydrogens is 364 g/mol. The van der Waals surface area contributed by atoms with Gasteiger partial charge < -0.3 is 10.5 Å². The van der Waals surface area contributed by atoms with E-state index < -0.39 is 16.0 Å². The Morgan fingerprint density at radius 3 is 2.48 bits per heavy atom. The molecule has 0 bridgehead atoms. The second-order valence-electron chi connectivity index (χ2n) is 6.33. The summed E-state index contributed by atoms with van der Waals surface area (Å²) in [5.41, 5.74) is 6.66. The van der Waals surface area contributed by atoms with E-state index in [1.165, 1.54) is 31.7 Å². The number of hydrogen-bond acceptors (Lipinski definition) is 5. The summed E-state index contributed by atoms with van der Waals surface area (Å²) in [6.07, 6.45) is 5.45. The van der Waals surface area contributed by atoms with Crippen LogP contribution < -0.4 is 10.5 Å².